The van der Waals surface area contributed by atoms with E-state index in [1.54, 1.807) is 0 Å². The molecule has 0 fully saturated rings. The summed E-state index contributed by atoms with van der Waals surface area (Å²) in [7, 11) is 0. The molecule has 1 aromatic carbocycles. The van der Waals surface area contributed by atoms with E-state index >= 15 is 0 Å². The Morgan fingerprint density at radius 2 is 2.12 bits per heavy atom. The third-order valence-corrected chi connectivity index (χ3v) is 3.38. The molecule has 0 radical (unpaired) electrons. The molecule has 0 aliphatic heterocycles. The number of fused-ring (bicyclic) bond motifs is 1. The number of nitrogens with two attached hydrogens (primary N) is 1. The zero-order valence-electron chi connectivity index (χ0n) is 11.1. The second-order valence-corrected chi connectivity index (χ2v) is 5.56. The first-order valence-corrected chi connectivity index (χ1v) is 6.61. The smallest absolute Gasteiger partial charge is 0.119 e. The van der Waals surface area contributed by atoms with Crippen LogP contribution in [0.5, 0.6) is 5.75 Å². The van der Waals surface area contributed by atoms with E-state index in [9.17, 15) is 0 Å². The monoisotopic (exact) mass is 233 g/mol. The highest BCUT2D eigenvalue weighted by Gasteiger charge is 2.19. The molecule has 0 spiro atoms. The topological polar surface area (TPSA) is 35.2 Å². The van der Waals surface area contributed by atoms with Gasteiger partial charge in [-0.25, -0.2) is 0 Å². The van der Waals surface area contributed by atoms with Crippen LogP contribution in [0.3, 0.4) is 0 Å². The van der Waals surface area contributed by atoms with Crippen molar-refractivity contribution in [1.82, 2.24) is 0 Å². The highest BCUT2D eigenvalue weighted by Crippen LogP contribution is 2.32. The first-order valence-electron chi connectivity index (χ1n) is 6.61. The van der Waals surface area contributed by atoms with Gasteiger partial charge in [-0.3, -0.25) is 0 Å². The molecule has 1 unspecified atom stereocenters. The minimum absolute atomic E-state index is 0.229. The third-order valence-electron chi connectivity index (χ3n) is 3.38. The van der Waals surface area contributed by atoms with Gasteiger partial charge in [0.05, 0.1) is 6.10 Å². The summed E-state index contributed by atoms with van der Waals surface area (Å²) in [5.74, 6) is 1.67. The zero-order chi connectivity index (χ0) is 12.4. The van der Waals surface area contributed by atoms with Crippen LogP contribution < -0.4 is 10.5 Å². The van der Waals surface area contributed by atoms with Crippen LogP contribution in [-0.4, -0.2) is 6.10 Å². The van der Waals surface area contributed by atoms with Gasteiger partial charge in [0.25, 0.3) is 0 Å². The second kappa shape index (κ2) is 5.09. The first-order chi connectivity index (χ1) is 8.06. The van der Waals surface area contributed by atoms with Gasteiger partial charge in [0.15, 0.2) is 0 Å². The molecule has 0 saturated heterocycles. The summed E-state index contributed by atoms with van der Waals surface area (Å²) >= 11 is 0. The fraction of sp³-hybridized carbons (Fsp3) is 0.600. The molecular weight excluding hydrogens is 210 g/mol. The molecule has 1 aliphatic rings. The standard InChI is InChI=1S/C15H23NO/c1-10(2)8-11(3)17-13-5-6-14-12(9-13)4-7-15(14)16/h5-6,9-11,15H,4,7-8,16H2,1-3H3/t11?,15-/m1/s1. The third kappa shape index (κ3) is 3.01. The van der Waals surface area contributed by atoms with Crippen LogP contribution >= 0.6 is 0 Å². The molecule has 2 N–H and O–H groups in total. The Labute approximate surface area is 104 Å². The largest absolute Gasteiger partial charge is 0.491 e. The van der Waals surface area contributed by atoms with Crippen LogP contribution in [-0.2, 0) is 6.42 Å². The van der Waals surface area contributed by atoms with Gasteiger partial charge in [0.1, 0.15) is 5.75 Å². The van der Waals surface area contributed by atoms with E-state index in [4.69, 9.17) is 10.5 Å². The van der Waals surface area contributed by atoms with Gasteiger partial charge >= 0.3 is 0 Å². The van der Waals surface area contributed by atoms with E-state index in [-0.39, 0.29) is 12.1 Å². The zero-order valence-corrected chi connectivity index (χ0v) is 11.1. The van der Waals surface area contributed by atoms with Crippen molar-refractivity contribution in [3.05, 3.63) is 29.3 Å². The summed E-state index contributed by atoms with van der Waals surface area (Å²) in [5.41, 5.74) is 8.69. The van der Waals surface area contributed by atoms with Crippen molar-refractivity contribution in [3.8, 4) is 5.75 Å². The molecule has 0 saturated carbocycles. The van der Waals surface area contributed by atoms with Crippen molar-refractivity contribution >= 4 is 0 Å². The van der Waals surface area contributed by atoms with Crippen LogP contribution in [0.1, 0.15) is 50.8 Å². The van der Waals surface area contributed by atoms with Gasteiger partial charge in [-0.15, -0.1) is 0 Å². The summed E-state index contributed by atoms with van der Waals surface area (Å²) < 4.78 is 5.94. The maximum Gasteiger partial charge on any atom is 0.119 e. The predicted octanol–water partition coefficient (Wildman–Crippen LogP) is 3.45. The number of benzene rings is 1. The average molecular weight is 233 g/mol. The molecule has 0 heterocycles. The van der Waals surface area contributed by atoms with Crippen LogP contribution in [0.15, 0.2) is 18.2 Å². The number of aryl methyl sites for hydroxylation is 1. The van der Waals surface area contributed by atoms with Crippen molar-refractivity contribution in [2.24, 2.45) is 11.7 Å². The van der Waals surface area contributed by atoms with Crippen LogP contribution in [0, 0.1) is 5.92 Å². The Morgan fingerprint density at radius 3 is 2.82 bits per heavy atom. The van der Waals surface area contributed by atoms with E-state index in [1.807, 2.05) is 0 Å². The first kappa shape index (κ1) is 12.4. The highest BCUT2D eigenvalue weighted by molar-refractivity contribution is 5.40. The van der Waals surface area contributed by atoms with Crippen molar-refractivity contribution in [2.75, 3.05) is 0 Å². The fourth-order valence-corrected chi connectivity index (χ4v) is 2.64. The number of ether oxygens (including phenoxy) is 1. The van der Waals surface area contributed by atoms with Crippen molar-refractivity contribution in [2.45, 2.75) is 52.2 Å². The van der Waals surface area contributed by atoms with Gasteiger partial charge in [-0.1, -0.05) is 19.9 Å². The minimum atomic E-state index is 0.229. The predicted molar refractivity (Wildman–Crippen MR) is 71.2 cm³/mol. The summed E-state index contributed by atoms with van der Waals surface area (Å²) in [4.78, 5) is 0. The highest BCUT2D eigenvalue weighted by atomic mass is 16.5. The molecule has 0 amide bonds. The molecule has 2 atom stereocenters. The normalized spacial score (nSPS) is 20.4. The lowest BCUT2D eigenvalue weighted by atomic mass is 10.1. The fourth-order valence-electron chi connectivity index (χ4n) is 2.64. The van der Waals surface area contributed by atoms with E-state index in [0.717, 1.165) is 25.0 Å². The van der Waals surface area contributed by atoms with Gasteiger partial charge in [-0.05, 0) is 55.4 Å². The van der Waals surface area contributed by atoms with Gasteiger partial charge < -0.3 is 10.5 Å². The Bertz CT molecular complexity index is 387. The van der Waals surface area contributed by atoms with Crippen molar-refractivity contribution in [3.63, 3.8) is 0 Å². The molecule has 0 aromatic heterocycles. The number of rotatable bonds is 4. The summed E-state index contributed by atoms with van der Waals surface area (Å²) in [6.45, 7) is 6.59. The number of hydrogen-bond donors (Lipinski definition) is 1. The van der Waals surface area contributed by atoms with Crippen LogP contribution in [0.25, 0.3) is 0 Å². The lowest BCUT2D eigenvalue weighted by Gasteiger charge is -2.17. The van der Waals surface area contributed by atoms with E-state index in [1.165, 1.54) is 11.1 Å². The minimum Gasteiger partial charge on any atom is -0.491 e. The Balaban J connectivity index is 2.03. The summed E-state index contributed by atoms with van der Waals surface area (Å²) in [6, 6.07) is 6.58. The second-order valence-electron chi connectivity index (χ2n) is 5.56. The SMILES string of the molecule is CC(C)CC(C)Oc1ccc2c(c1)CC[C@H]2N. The van der Waals surface area contributed by atoms with E-state index in [0.29, 0.717) is 5.92 Å². The maximum atomic E-state index is 6.02. The lowest BCUT2D eigenvalue weighted by Crippen LogP contribution is -2.14. The molecule has 2 rings (SSSR count). The van der Waals surface area contributed by atoms with Crippen molar-refractivity contribution < 1.29 is 4.74 Å². The number of hydrogen-bond acceptors (Lipinski definition) is 2. The summed E-state index contributed by atoms with van der Waals surface area (Å²) in [5, 5.41) is 0. The van der Waals surface area contributed by atoms with Gasteiger partial charge in [0.2, 0.25) is 0 Å². The van der Waals surface area contributed by atoms with Crippen molar-refractivity contribution in [1.29, 1.82) is 0 Å². The van der Waals surface area contributed by atoms with Crippen LogP contribution in [0.4, 0.5) is 0 Å². The van der Waals surface area contributed by atoms with E-state index < -0.39 is 0 Å². The Hall–Kier alpha value is -1.02. The quantitative estimate of drug-likeness (QED) is 0.864. The molecule has 17 heavy (non-hydrogen) atoms. The van der Waals surface area contributed by atoms with Gasteiger partial charge in [-0.2, -0.15) is 0 Å². The molecule has 1 aromatic rings. The Kier molecular flexibility index (Phi) is 3.72. The van der Waals surface area contributed by atoms with Gasteiger partial charge in [0, 0.05) is 6.04 Å². The Morgan fingerprint density at radius 1 is 1.35 bits per heavy atom. The van der Waals surface area contributed by atoms with E-state index in [2.05, 4.69) is 39.0 Å². The molecular formula is C15H23NO. The lowest BCUT2D eigenvalue weighted by molar-refractivity contribution is 0.193. The van der Waals surface area contributed by atoms with Crippen LogP contribution in [0.2, 0.25) is 0 Å². The molecule has 2 heteroatoms. The molecule has 0 bridgehead atoms. The summed E-state index contributed by atoms with van der Waals surface area (Å²) in [6.07, 6.45) is 3.53. The molecule has 1 aliphatic carbocycles. The molecule has 94 valence electrons. The average Bonchev–Trinajstić information content (AvgIpc) is 2.58. The molecule has 2 nitrogen and oxygen atoms in total. The maximum absolute atomic E-state index is 6.02.